The van der Waals surface area contributed by atoms with Crippen molar-refractivity contribution in [2.75, 3.05) is 44.7 Å². The first-order valence-corrected chi connectivity index (χ1v) is 9.96. The van der Waals surface area contributed by atoms with Gasteiger partial charge in [-0.25, -0.2) is 4.98 Å². The van der Waals surface area contributed by atoms with Crippen LogP contribution in [0.25, 0.3) is 0 Å². The first-order chi connectivity index (χ1) is 13.3. The lowest BCUT2D eigenvalue weighted by Gasteiger charge is -2.46. The van der Waals surface area contributed by atoms with Gasteiger partial charge in [-0.05, 0) is 37.4 Å². The minimum absolute atomic E-state index is 0.0420. The van der Waals surface area contributed by atoms with Gasteiger partial charge < -0.3 is 19.3 Å². The highest BCUT2D eigenvalue weighted by molar-refractivity contribution is 7.11. The summed E-state index contributed by atoms with van der Waals surface area (Å²) >= 11 is 1.29. The Morgan fingerprint density at radius 2 is 2.00 bits per heavy atom. The molecule has 0 aliphatic carbocycles. The zero-order chi connectivity index (χ0) is 19.8. The molecular weight excluding hydrogens is 393 g/mol. The van der Waals surface area contributed by atoms with E-state index in [1.807, 2.05) is 0 Å². The van der Waals surface area contributed by atoms with E-state index in [-0.39, 0.29) is 17.4 Å². The highest BCUT2D eigenvalue weighted by Gasteiger charge is 2.40. The molecule has 2 aromatic heterocycles. The van der Waals surface area contributed by atoms with Crippen LogP contribution in [0.5, 0.6) is 10.9 Å². The number of alkyl halides is 3. The summed E-state index contributed by atoms with van der Waals surface area (Å²) < 4.78 is 51.5. The second kappa shape index (κ2) is 7.49. The number of nitrogens with zero attached hydrogens (tertiary/aromatic N) is 4. The van der Waals surface area contributed by atoms with Gasteiger partial charge in [-0.2, -0.15) is 18.2 Å². The summed E-state index contributed by atoms with van der Waals surface area (Å²) in [6, 6.07) is 4.28. The lowest BCUT2D eigenvalue weighted by atomic mass is 9.89. The van der Waals surface area contributed by atoms with E-state index in [9.17, 15) is 13.2 Å². The fraction of sp³-hybridized carbons (Fsp3) is 0.556. The van der Waals surface area contributed by atoms with Gasteiger partial charge >= 0.3 is 6.18 Å². The molecule has 0 bridgehead atoms. The second-order valence-electron chi connectivity index (χ2n) is 7.18. The maximum atomic E-state index is 13.3. The number of anilines is 1. The Kier molecular flexibility index (Phi) is 5.19. The monoisotopic (exact) mass is 414 g/mol. The van der Waals surface area contributed by atoms with Gasteiger partial charge in [0.15, 0.2) is 10.8 Å². The fourth-order valence-corrected chi connectivity index (χ4v) is 4.21. The summed E-state index contributed by atoms with van der Waals surface area (Å²) in [5.41, 5.74) is -1.24. The zero-order valence-corrected chi connectivity index (χ0v) is 16.2. The molecule has 10 heteroatoms. The highest BCUT2D eigenvalue weighted by atomic mass is 32.1. The molecule has 6 nitrogen and oxygen atoms in total. The van der Waals surface area contributed by atoms with E-state index < -0.39 is 11.9 Å². The van der Waals surface area contributed by atoms with Crippen LogP contribution in [0, 0.1) is 0 Å². The summed E-state index contributed by atoms with van der Waals surface area (Å²) in [6.07, 6.45) is -3.13. The molecule has 0 saturated carbocycles. The van der Waals surface area contributed by atoms with Gasteiger partial charge in [-0.15, -0.1) is 11.3 Å². The van der Waals surface area contributed by atoms with E-state index >= 15 is 0 Å². The molecule has 1 spiro atoms. The van der Waals surface area contributed by atoms with Gasteiger partial charge in [0.2, 0.25) is 11.8 Å². The summed E-state index contributed by atoms with van der Waals surface area (Å²) in [7, 11) is 2.06. The van der Waals surface area contributed by atoms with E-state index in [2.05, 4.69) is 21.9 Å². The van der Waals surface area contributed by atoms with Gasteiger partial charge in [0.05, 0.1) is 12.2 Å². The number of thiophene rings is 1. The number of rotatable bonds is 3. The van der Waals surface area contributed by atoms with E-state index in [1.54, 1.807) is 22.4 Å². The van der Waals surface area contributed by atoms with Crippen LogP contribution >= 0.6 is 11.3 Å². The molecule has 0 N–H and O–H groups in total. The number of hydrogen-bond donors (Lipinski definition) is 0. The minimum atomic E-state index is -4.57. The Labute approximate surface area is 164 Å². The predicted octanol–water partition coefficient (Wildman–Crippen LogP) is 3.65. The van der Waals surface area contributed by atoms with Crippen LogP contribution in [0.1, 0.15) is 18.5 Å². The van der Waals surface area contributed by atoms with E-state index in [1.165, 1.54) is 11.3 Å². The zero-order valence-electron chi connectivity index (χ0n) is 15.4. The lowest BCUT2D eigenvalue weighted by molar-refractivity contribution is -0.141. The van der Waals surface area contributed by atoms with Gasteiger partial charge in [0.1, 0.15) is 0 Å². The molecule has 0 amide bonds. The summed E-state index contributed by atoms with van der Waals surface area (Å²) in [5.74, 6) is -0.0610. The predicted molar refractivity (Wildman–Crippen MR) is 99.1 cm³/mol. The van der Waals surface area contributed by atoms with Crippen molar-refractivity contribution in [2.24, 2.45) is 0 Å². The van der Waals surface area contributed by atoms with Crippen molar-refractivity contribution in [3.8, 4) is 10.9 Å². The van der Waals surface area contributed by atoms with Crippen molar-refractivity contribution in [1.29, 1.82) is 0 Å². The molecule has 0 radical (unpaired) electrons. The van der Waals surface area contributed by atoms with Gasteiger partial charge in [0, 0.05) is 32.2 Å². The molecule has 2 saturated heterocycles. The van der Waals surface area contributed by atoms with Crippen LogP contribution in [-0.2, 0) is 10.9 Å². The smallest absolute Gasteiger partial charge is 0.428 e. The van der Waals surface area contributed by atoms with Crippen molar-refractivity contribution >= 4 is 17.3 Å². The van der Waals surface area contributed by atoms with Gasteiger partial charge in [-0.1, -0.05) is 0 Å². The van der Waals surface area contributed by atoms with Crippen LogP contribution in [0.15, 0.2) is 23.6 Å². The number of hydrogen-bond acceptors (Lipinski definition) is 7. The second-order valence-corrected chi connectivity index (χ2v) is 8.09. The quantitative estimate of drug-likeness (QED) is 0.764. The number of aromatic nitrogens is 2. The molecule has 0 unspecified atom stereocenters. The molecule has 4 rings (SSSR count). The Hall–Kier alpha value is -1.91. The lowest BCUT2D eigenvalue weighted by Crippen LogP contribution is -2.56. The van der Waals surface area contributed by atoms with Crippen molar-refractivity contribution in [1.82, 2.24) is 14.9 Å². The molecule has 152 valence electrons. The molecule has 2 fully saturated rings. The summed E-state index contributed by atoms with van der Waals surface area (Å²) in [4.78, 5) is 12.0. The Bertz CT molecular complexity index is 808. The van der Waals surface area contributed by atoms with E-state index in [0.717, 1.165) is 32.0 Å². The van der Waals surface area contributed by atoms with Crippen molar-refractivity contribution < 1.29 is 22.6 Å². The molecule has 0 aromatic carbocycles. The topological polar surface area (TPSA) is 50.7 Å². The molecule has 4 heterocycles. The third kappa shape index (κ3) is 4.23. The maximum absolute atomic E-state index is 13.3. The SMILES string of the molecule is CN1CCOC2(CCN(c3nc(Oc4cccs4)cc(C(F)(F)F)n3)CC2)C1. The van der Waals surface area contributed by atoms with Crippen molar-refractivity contribution in [3.63, 3.8) is 0 Å². The molecule has 28 heavy (non-hydrogen) atoms. The summed E-state index contributed by atoms with van der Waals surface area (Å²) in [5, 5.41) is 2.27. The highest BCUT2D eigenvalue weighted by Crippen LogP contribution is 2.35. The minimum Gasteiger partial charge on any atom is -0.428 e. The Morgan fingerprint density at radius 3 is 2.64 bits per heavy atom. The van der Waals surface area contributed by atoms with Crippen LogP contribution in [0.4, 0.5) is 19.1 Å². The molecule has 0 atom stereocenters. The average molecular weight is 414 g/mol. The van der Waals surface area contributed by atoms with E-state index in [0.29, 0.717) is 24.8 Å². The van der Waals surface area contributed by atoms with Crippen LogP contribution in [0.3, 0.4) is 0 Å². The first-order valence-electron chi connectivity index (χ1n) is 9.08. The normalized spacial score (nSPS) is 20.5. The van der Waals surface area contributed by atoms with E-state index in [4.69, 9.17) is 9.47 Å². The fourth-order valence-electron chi connectivity index (χ4n) is 3.63. The number of morpholine rings is 1. The summed E-state index contributed by atoms with van der Waals surface area (Å²) in [6.45, 7) is 3.47. The third-order valence-corrected chi connectivity index (χ3v) is 5.82. The van der Waals surface area contributed by atoms with Gasteiger partial charge in [-0.3, -0.25) is 0 Å². The standard InChI is InChI=1S/C18H21F3N4O2S/c1-24-8-9-26-17(12-24)4-6-25(7-5-17)16-22-13(18(19,20)21)11-14(23-16)27-15-3-2-10-28-15/h2-3,10-11H,4-9,12H2,1H3. The Balaban J connectivity index is 1.55. The molecular formula is C18H21F3N4O2S. The van der Waals surface area contributed by atoms with Crippen LogP contribution in [-0.4, -0.2) is 60.3 Å². The van der Waals surface area contributed by atoms with Gasteiger partial charge in [0.25, 0.3) is 0 Å². The molecule has 2 aromatic rings. The first kappa shape index (κ1) is 19.4. The van der Waals surface area contributed by atoms with Crippen LogP contribution < -0.4 is 9.64 Å². The molecule has 2 aliphatic heterocycles. The average Bonchev–Trinajstić information content (AvgIpc) is 3.14. The number of piperidine rings is 1. The number of halogens is 3. The maximum Gasteiger partial charge on any atom is 0.433 e. The number of likely N-dealkylation sites (N-methyl/N-ethyl adjacent to an activating group) is 1. The Morgan fingerprint density at radius 1 is 1.21 bits per heavy atom. The largest absolute Gasteiger partial charge is 0.433 e. The van der Waals surface area contributed by atoms with Crippen molar-refractivity contribution in [3.05, 3.63) is 29.3 Å². The van der Waals surface area contributed by atoms with Crippen molar-refractivity contribution in [2.45, 2.75) is 24.6 Å². The molecule has 2 aliphatic rings. The number of ether oxygens (including phenoxy) is 2. The third-order valence-electron chi connectivity index (χ3n) is 5.08. The van der Waals surface area contributed by atoms with Crippen LogP contribution in [0.2, 0.25) is 0 Å².